The van der Waals surface area contributed by atoms with Gasteiger partial charge in [-0.15, -0.1) is 0 Å². The summed E-state index contributed by atoms with van der Waals surface area (Å²) in [5.41, 5.74) is 2.07. The van der Waals surface area contributed by atoms with Gasteiger partial charge in [-0.25, -0.2) is 4.79 Å². The van der Waals surface area contributed by atoms with Crippen LogP contribution in [0.2, 0.25) is 0 Å². The van der Waals surface area contributed by atoms with Crippen LogP contribution in [0.25, 0.3) is 0 Å². The first-order valence-electron chi connectivity index (χ1n) is 6.92. The fourth-order valence-electron chi connectivity index (χ4n) is 2.92. The maximum absolute atomic E-state index is 12.5. The Balaban J connectivity index is 1.81. The van der Waals surface area contributed by atoms with E-state index >= 15 is 0 Å². The van der Waals surface area contributed by atoms with Crippen molar-refractivity contribution in [2.75, 3.05) is 24.7 Å². The van der Waals surface area contributed by atoms with E-state index in [0.29, 0.717) is 13.2 Å². The number of hydrogen-bond acceptors (Lipinski definition) is 3. The predicted molar refractivity (Wildman–Crippen MR) is 73.0 cm³/mol. The van der Waals surface area contributed by atoms with Gasteiger partial charge in [0.15, 0.2) is 0 Å². The van der Waals surface area contributed by atoms with Gasteiger partial charge in [0.05, 0.1) is 18.1 Å². The van der Waals surface area contributed by atoms with Crippen LogP contribution >= 0.6 is 0 Å². The number of fused-ring (bicyclic) bond motifs is 1. The van der Waals surface area contributed by atoms with Crippen molar-refractivity contribution >= 4 is 17.6 Å². The summed E-state index contributed by atoms with van der Waals surface area (Å²) in [6.45, 7) is 1.87. The van der Waals surface area contributed by atoms with Crippen molar-refractivity contribution in [3.05, 3.63) is 29.3 Å². The minimum atomic E-state index is -0.932. The van der Waals surface area contributed by atoms with Crippen LogP contribution in [0.15, 0.2) is 18.2 Å². The fraction of sp³-hybridized carbons (Fsp3) is 0.467. The SMILES string of the molecule is O=C(O)c1ccc2c(c1)CCN2C(=O)C1CCCOC1. The third-order valence-corrected chi connectivity index (χ3v) is 4.00. The lowest BCUT2D eigenvalue weighted by atomic mass is 10.0. The van der Waals surface area contributed by atoms with Crippen molar-refractivity contribution in [1.82, 2.24) is 0 Å². The highest BCUT2D eigenvalue weighted by molar-refractivity contribution is 5.98. The largest absolute Gasteiger partial charge is 0.478 e. The number of ether oxygens (including phenoxy) is 1. The molecule has 5 nitrogen and oxygen atoms in total. The van der Waals surface area contributed by atoms with E-state index in [1.807, 2.05) is 0 Å². The van der Waals surface area contributed by atoms with Crippen LogP contribution in [0.3, 0.4) is 0 Å². The molecule has 1 N–H and O–H groups in total. The van der Waals surface area contributed by atoms with Gasteiger partial charge in [0, 0.05) is 18.8 Å². The first-order valence-corrected chi connectivity index (χ1v) is 6.92. The summed E-state index contributed by atoms with van der Waals surface area (Å²) in [6, 6.07) is 4.97. The number of benzene rings is 1. The van der Waals surface area contributed by atoms with E-state index < -0.39 is 5.97 Å². The topological polar surface area (TPSA) is 66.8 Å². The average molecular weight is 275 g/mol. The summed E-state index contributed by atoms with van der Waals surface area (Å²) in [7, 11) is 0. The van der Waals surface area contributed by atoms with Crippen LogP contribution in [-0.4, -0.2) is 36.7 Å². The normalized spacial score (nSPS) is 21.6. The van der Waals surface area contributed by atoms with Gasteiger partial charge in [-0.3, -0.25) is 4.79 Å². The molecule has 1 unspecified atom stereocenters. The lowest BCUT2D eigenvalue weighted by Gasteiger charge is -2.26. The van der Waals surface area contributed by atoms with Crippen LogP contribution < -0.4 is 4.90 Å². The quantitative estimate of drug-likeness (QED) is 0.892. The molecule has 106 valence electrons. The molecule has 3 rings (SSSR count). The van der Waals surface area contributed by atoms with Gasteiger partial charge in [0.1, 0.15) is 0 Å². The number of carboxylic acids is 1. The van der Waals surface area contributed by atoms with E-state index in [-0.39, 0.29) is 17.4 Å². The van der Waals surface area contributed by atoms with E-state index in [2.05, 4.69) is 0 Å². The Morgan fingerprint density at radius 3 is 2.90 bits per heavy atom. The monoisotopic (exact) mass is 275 g/mol. The average Bonchev–Trinajstić information content (AvgIpc) is 2.90. The molecule has 1 amide bonds. The molecule has 0 radical (unpaired) electrons. The van der Waals surface area contributed by atoms with E-state index in [0.717, 1.165) is 37.1 Å². The van der Waals surface area contributed by atoms with Crippen molar-refractivity contribution in [3.8, 4) is 0 Å². The predicted octanol–water partition coefficient (Wildman–Crippen LogP) is 1.70. The van der Waals surface area contributed by atoms with Crippen LogP contribution in [0.5, 0.6) is 0 Å². The van der Waals surface area contributed by atoms with Crippen LogP contribution in [0.4, 0.5) is 5.69 Å². The number of rotatable bonds is 2. The van der Waals surface area contributed by atoms with Crippen molar-refractivity contribution in [3.63, 3.8) is 0 Å². The van der Waals surface area contributed by atoms with Gasteiger partial charge in [-0.1, -0.05) is 0 Å². The zero-order valence-corrected chi connectivity index (χ0v) is 11.2. The fourth-order valence-corrected chi connectivity index (χ4v) is 2.92. The summed E-state index contributed by atoms with van der Waals surface area (Å²) < 4.78 is 5.38. The molecule has 20 heavy (non-hydrogen) atoms. The summed E-state index contributed by atoms with van der Waals surface area (Å²) in [5.74, 6) is -0.890. The van der Waals surface area contributed by atoms with E-state index in [1.54, 1.807) is 23.1 Å². The number of carbonyl (C=O) groups excluding carboxylic acids is 1. The number of amides is 1. The highest BCUT2D eigenvalue weighted by Crippen LogP contribution is 2.31. The van der Waals surface area contributed by atoms with Gasteiger partial charge >= 0.3 is 5.97 Å². The van der Waals surface area contributed by atoms with Crippen molar-refractivity contribution < 1.29 is 19.4 Å². The Hall–Kier alpha value is -1.88. The molecule has 2 heterocycles. The molecule has 1 aromatic rings. The first kappa shape index (κ1) is 13.1. The van der Waals surface area contributed by atoms with Gasteiger partial charge in [-0.05, 0) is 43.0 Å². The minimum Gasteiger partial charge on any atom is -0.478 e. The Morgan fingerprint density at radius 1 is 1.35 bits per heavy atom. The van der Waals surface area contributed by atoms with E-state index in [1.165, 1.54) is 0 Å². The molecule has 2 aliphatic heterocycles. The van der Waals surface area contributed by atoms with Crippen molar-refractivity contribution in [2.24, 2.45) is 5.92 Å². The van der Waals surface area contributed by atoms with Gasteiger partial charge in [0.25, 0.3) is 0 Å². The van der Waals surface area contributed by atoms with Crippen LogP contribution in [0.1, 0.15) is 28.8 Å². The molecular weight excluding hydrogens is 258 g/mol. The standard InChI is InChI=1S/C15H17NO4/c17-14(12-2-1-7-20-9-12)16-6-5-10-8-11(15(18)19)3-4-13(10)16/h3-4,8,12H,1-2,5-7,9H2,(H,18,19). The number of carboxylic acid groups (broad SMARTS) is 1. The molecule has 0 saturated carbocycles. The number of anilines is 1. The van der Waals surface area contributed by atoms with Gasteiger partial charge in [-0.2, -0.15) is 0 Å². The maximum Gasteiger partial charge on any atom is 0.335 e. The zero-order valence-electron chi connectivity index (χ0n) is 11.2. The summed E-state index contributed by atoms with van der Waals surface area (Å²) in [4.78, 5) is 25.3. The molecule has 1 atom stereocenters. The second-order valence-corrected chi connectivity index (χ2v) is 5.30. The number of nitrogens with zero attached hydrogens (tertiary/aromatic N) is 1. The molecule has 0 spiro atoms. The number of carbonyl (C=O) groups is 2. The van der Waals surface area contributed by atoms with E-state index in [9.17, 15) is 9.59 Å². The molecular formula is C15H17NO4. The highest BCUT2D eigenvalue weighted by atomic mass is 16.5. The minimum absolute atomic E-state index is 0.0612. The zero-order chi connectivity index (χ0) is 14.1. The molecule has 5 heteroatoms. The first-order chi connectivity index (χ1) is 9.66. The Morgan fingerprint density at radius 2 is 2.20 bits per heavy atom. The molecule has 0 aliphatic carbocycles. The Labute approximate surface area is 117 Å². The maximum atomic E-state index is 12.5. The van der Waals surface area contributed by atoms with Gasteiger partial charge in [0.2, 0.25) is 5.91 Å². The molecule has 1 saturated heterocycles. The highest BCUT2D eigenvalue weighted by Gasteiger charge is 2.31. The third-order valence-electron chi connectivity index (χ3n) is 4.00. The van der Waals surface area contributed by atoms with Gasteiger partial charge < -0.3 is 14.7 Å². The second-order valence-electron chi connectivity index (χ2n) is 5.30. The summed E-state index contributed by atoms with van der Waals surface area (Å²) in [6.07, 6.45) is 2.52. The van der Waals surface area contributed by atoms with Crippen molar-refractivity contribution in [1.29, 1.82) is 0 Å². The summed E-state index contributed by atoms with van der Waals surface area (Å²) in [5, 5.41) is 9.00. The molecule has 0 bridgehead atoms. The number of aromatic carboxylic acids is 1. The molecule has 2 aliphatic rings. The van der Waals surface area contributed by atoms with E-state index in [4.69, 9.17) is 9.84 Å². The van der Waals surface area contributed by atoms with Crippen LogP contribution in [0, 0.1) is 5.92 Å². The second kappa shape index (κ2) is 5.25. The molecule has 0 aromatic heterocycles. The lowest BCUT2D eigenvalue weighted by molar-refractivity contribution is -0.126. The lowest BCUT2D eigenvalue weighted by Crippen LogP contribution is -2.38. The molecule has 1 aromatic carbocycles. The molecule has 1 fully saturated rings. The number of hydrogen-bond donors (Lipinski definition) is 1. The van der Waals surface area contributed by atoms with Crippen molar-refractivity contribution in [2.45, 2.75) is 19.3 Å². The Kier molecular flexibility index (Phi) is 3.44. The smallest absolute Gasteiger partial charge is 0.335 e. The Bertz CT molecular complexity index is 549. The third kappa shape index (κ3) is 2.29. The summed E-state index contributed by atoms with van der Waals surface area (Å²) >= 11 is 0. The van der Waals surface area contributed by atoms with Crippen LogP contribution in [-0.2, 0) is 16.0 Å².